The topological polar surface area (TPSA) is 115 Å². The minimum atomic E-state index is -4.83. The first-order valence-electron chi connectivity index (χ1n) is 4.54. The Morgan fingerprint density at radius 3 is 2.26 bits per heavy atom. The van der Waals surface area contributed by atoms with Gasteiger partial charge in [0.15, 0.2) is 0 Å². The fraction of sp³-hybridized carbons (Fsp3) is 0.250. The van der Waals surface area contributed by atoms with E-state index >= 15 is 0 Å². The summed E-state index contributed by atoms with van der Waals surface area (Å²) >= 11 is 0. The van der Waals surface area contributed by atoms with E-state index in [0.717, 1.165) is 0 Å². The van der Waals surface area contributed by atoms with Gasteiger partial charge in [0, 0.05) is 6.07 Å². The van der Waals surface area contributed by atoms with Crippen molar-refractivity contribution in [2.75, 3.05) is 16.7 Å². The Labute approximate surface area is 105 Å². The third-order valence-corrected chi connectivity index (χ3v) is 2.53. The van der Waals surface area contributed by atoms with Gasteiger partial charge in [0.05, 0.1) is 22.4 Å². The zero-order valence-electron chi connectivity index (χ0n) is 9.35. The molecule has 0 radical (unpaired) electrons. The molecule has 11 heteroatoms. The van der Waals surface area contributed by atoms with E-state index in [0.29, 0.717) is 12.3 Å². The monoisotopic (exact) mass is 299 g/mol. The molecule has 3 N–H and O–H groups in total. The zero-order valence-corrected chi connectivity index (χ0v) is 10.2. The number of nitrogens with two attached hydrogens (primary N) is 1. The minimum absolute atomic E-state index is 0.212. The lowest BCUT2D eigenvalue weighted by Gasteiger charge is -2.12. The second-order valence-corrected chi connectivity index (χ2v) is 5.34. The second-order valence-electron chi connectivity index (χ2n) is 3.59. The number of nitrogen functional groups attached to an aromatic ring is 1. The maximum Gasteiger partial charge on any atom is 0.416 e. The lowest BCUT2D eigenvalue weighted by atomic mass is 10.1. The number of nitro groups is 1. The van der Waals surface area contributed by atoms with Crippen LogP contribution in [-0.4, -0.2) is 19.6 Å². The molecule has 0 fully saturated rings. The summed E-state index contributed by atoms with van der Waals surface area (Å²) < 4.78 is 61.1. The van der Waals surface area contributed by atoms with Crippen molar-refractivity contribution in [2.24, 2.45) is 0 Å². The maximum atomic E-state index is 12.5. The Morgan fingerprint density at radius 1 is 1.37 bits per heavy atom. The molecule has 106 valence electrons. The molecule has 0 saturated heterocycles. The van der Waals surface area contributed by atoms with Gasteiger partial charge in [-0.05, 0) is 6.07 Å². The maximum absolute atomic E-state index is 12.5. The lowest BCUT2D eigenvalue weighted by molar-refractivity contribution is -0.384. The van der Waals surface area contributed by atoms with E-state index in [1.807, 2.05) is 0 Å². The van der Waals surface area contributed by atoms with Crippen LogP contribution in [-0.2, 0) is 16.2 Å². The first-order chi connectivity index (χ1) is 8.42. The van der Waals surface area contributed by atoms with Crippen LogP contribution in [0, 0.1) is 10.1 Å². The fourth-order valence-electron chi connectivity index (χ4n) is 1.25. The summed E-state index contributed by atoms with van der Waals surface area (Å²) in [4.78, 5) is 9.53. The standard InChI is InChI=1S/C8H8F3N3O4S/c1-19(17,18)13-7-5(12)2-4(8(9,10)11)3-6(7)14(15)16/h2-3,13H,12H2,1H3. The number of nitro benzene ring substituents is 1. The molecule has 0 heterocycles. The molecule has 0 aliphatic carbocycles. The molecule has 0 aliphatic rings. The van der Waals surface area contributed by atoms with Crippen LogP contribution in [0.5, 0.6) is 0 Å². The van der Waals surface area contributed by atoms with Crippen molar-refractivity contribution >= 4 is 27.1 Å². The lowest BCUT2D eigenvalue weighted by Crippen LogP contribution is -2.14. The molecule has 1 aromatic rings. The zero-order chi connectivity index (χ0) is 15.0. The number of nitrogens with one attached hydrogen (secondary N) is 1. The van der Waals surface area contributed by atoms with Crippen LogP contribution in [0.4, 0.5) is 30.2 Å². The average Bonchev–Trinajstić information content (AvgIpc) is 2.16. The van der Waals surface area contributed by atoms with E-state index in [9.17, 15) is 31.7 Å². The highest BCUT2D eigenvalue weighted by atomic mass is 32.2. The smallest absolute Gasteiger partial charge is 0.397 e. The van der Waals surface area contributed by atoms with Crippen LogP contribution in [0.3, 0.4) is 0 Å². The van der Waals surface area contributed by atoms with Crippen molar-refractivity contribution in [2.45, 2.75) is 6.18 Å². The Kier molecular flexibility index (Phi) is 3.61. The molecule has 7 nitrogen and oxygen atoms in total. The number of sulfonamides is 1. The molecular weight excluding hydrogens is 291 g/mol. The molecule has 0 unspecified atom stereocenters. The first-order valence-corrected chi connectivity index (χ1v) is 6.44. The van der Waals surface area contributed by atoms with Gasteiger partial charge < -0.3 is 5.73 Å². The highest BCUT2D eigenvalue weighted by Gasteiger charge is 2.34. The fourth-order valence-corrected chi connectivity index (χ4v) is 1.85. The molecule has 0 bridgehead atoms. The van der Waals surface area contributed by atoms with Crippen LogP contribution in [0.15, 0.2) is 12.1 Å². The van der Waals surface area contributed by atoms with Gasteiger partial charge in [-0.3, -0.25) is 14.8 Å². The third-order valence-electron chi connectivity index (χ3n) is 1.96. The predicted molar refractivity (Wildman–Crippen MR) is 61.0 cm³/mol. The van der Waals surface area contributed by atoms with E-state index in [1.54, 1.807) is 4.72 Å². The predicted octanol–water partition coefficient (Wildman–Crippen LogP) is 1.57. The van der Waals surface area contributed by atoms with Gasteiger partial charge in [0.1, 0.15) is 5.69 Å². The number of halogens is 3. The number of nitrogens with zero attached hydrogens (tertiary/aromatic N) is 1. The van der Waals surface area contributed by atoms with Gasteiger partial charge in [-0.15, -0.1) is 0 Å². The number of alkyl halides is 3. The summed E-state index contributed by atoms with van der Waals surface area (Å²) in [7, 11) is -3.92. The molecule has 19 heavy (non-hydrogen) atoms. The van der Waals surface area contributed by atoms with E-state index in [1.165, 1.54) is 0 Å². The summed E-state index contributed by atoms with van der Waals surface area (Å²) in [6.45, 7) is 0. The van der Waals surface area contributed by atoms with Crippen molar-refractivity contribution in [1.82, 2.24) is 0 Å². The minimum Gasteiger partial charge on any atom is -0.397 e. The molecule has 1 aromatic carbocycles. The number of rotatable bonds is 3. The van der Waals surface area contributed by atoms with Gasteiger partial charge in [0.25, 0.3) is 5.69 Å². The van der Waals surface area contributed by atoms with E-state index < -0.39 is 43.7 Å². The number of anilines is 2. The average molecular weight is 299 g/mol. The normalized spacial score (nSPS) is 12.2. The molecule has 0 spiro atoms. The summed E-state index contributed by atoms with van der Waals surface area (Å²) in [5.74, 6) is 0. The SMILES string of the molecule is CS(=O)(=O)Nc1c(N)cc(C(F)(F)F)cc1[N+](=O)[O-]. The Bertz CT molecular complexity index is 627. The molecule has 0 aromatic heterocycles. The molecule has 0 atom stereocenters. The van der Waals surface area contributed by atoms with Crippen LogP contribution >= 0.6 is 0 Å². The Hall–Kier alpha value is -2.04. The van der Waals surface area contributed by atoms with Crippen molar-refractivity contribution in [3.63, 3.8) is 0 Å². The number of hydrogen-bond donors (Lipinski definition) is 2. The van der Waals surface area contributed by atoms with Crippen LogP contribution < -0.4 is 10.5 Å². The summed E-state index contributed by atoms with van der Waals surface area (Å²) in [5.41, 5.74) is 1.44. The van der Waals surface area contributed by atoms with Gasteiger partial charge in [0.2, 0.25) is 10.0 Å². The molecule has 1 rings (SSSR count). The van der Waals surface area contributed by atoms with Crippen molar-refractivity contribution in [3.8, 4) is 0 Å². The summed E-state index contributed by atoms with van der Waals surface area (Å²) in [5, 5.41) is 10.7. The van der Waals surface area contributed by atoms with Crippen LogP contribution in [0.2, 0.25) is 0 Å². The van der Waals surface area contributed by atoms with Gasteiger partial charge >= 0.3 is 6.18 Å². The van der Waals surface area contributed by atoms with Crippen LogP contribution in [0.1, 0.15) is 5.56 Å². The molecule has 0 aliphatic heterocycles. The Balaban J connectivity index is 3.53. The molecular formula is C8H8F3N3O4S. The van der Waals surface area contributed by atoms with Crippen LogP contribution in [0.25, 0.3) is 0 Å². The van der Waals surface area contributed by atoms with Crippen molar-refractivity contribution < 1.29 is 26.5 Å². The number of hydrogen-bond acceptors (Lipinski definition) is 5. The van der Waals surface area contributed by atoms with E-state index in [2.05, 4.69) is 0 Å². The van der Waals surface area contributed by atoms with Gasteiger partial charge in [-0.2, -0.15) is 13.2 Å². The highest BCUT2D eigenvalue weighted by molar-refractivity contribution is 7.92. The molecule has 0 saturated carbocycles. The quantitative estimate of drug-likeness (QED) is 0.499. The summed E-state index contributed by atoms with van der Waals surface area (Å²) in [6.07, 6.45) is -4.14. The first kappa shape index (κ1) is 15.0. The van der Waals surface area contributed by atoms with Gasteiger partial charge in [-0.25, -0.2) is 8.42 Å². The largest absolute Gasteiger partial charge is 0.416 e. The van der Waals surface area contributed by atoms with E-state index in [4.69, 9.17) is 5.73 Å². The van der Waals surface area contributed by atoms with Gasteiger partial charge in [-0.1, -0.05) is 0 Å². The highest BCUT2D eigenvalue weighted by Crippen LogP contribution is 2.39. The van der Waals surface area contributed by atoms with E-state index in [-0.39, 0.29) is 6.07 Å². The van der Waals surface area contributed by atoms with Crippen molar-refractivity contribution in [1.29, 1.82) is 0 Å². The third kappa shape index (κ3) is 3.71. The summed E-state index contributed by atoms with van der Waals surface area (Å²) in [6, 6.07) is 0.629. The molecule has 0 amide bonds. The Morgan fingerprint density at radius 2 is 1.89 bits per heavy atom. The second kappa shape index (κ2) is 4.57. The number of benzene rings is 1. The van der Waals surface area contributed by atoms with Crippen molar-refractivity contribution in [3.05, 3.63) is 27.8 Å².